The fourth-order valence-electron chi connectivity index (χ4n) is 3.85. The number of halogens is 1. The molecule has 0 atom stereocenters. The van der Waals surface area contributed by atoms with Crippen molar-refractivity contribution in [2.24, 2.45) is 0 Å². The molecule has 3 rings (SSSR count). The molecular formula is C19H27ClN2O3S. The molecule has 0 aliphatic heterocycles. The van der Waals surface area contributed by atoms with Crippen LogP contribution in [-0.4, -0.2) is 48.7 Å². The van der Waals surface area contributed by atoms with E-state index in [9.17, 15) is 13.2 Å². The number of hydrogen-bond donors (Lipinski definition) is 0. The summed E-state index contributed by atoms with van der Waals surface area (Å²) in [4.78, 5) is 15.2. The van der Waals surface area contributed by atoms with E-state index in [1.54, 1.807) is 19.9 Å². The third-order valence-corrected chi connectivity index (χ3v) is 7.93. The SMILES string of the molecule is CCN(CC)S(=O)(=O)c1cc(C(=O)N(C2CCCC2)C2CC2)ccc1Cl. The summed E-state index contributed by atoms with van der Waals surface area (Å²) in [5, 5.41) is 0.160. The highest BCUT2D eigenvalue weighted by atomic mass is 35.5. The van der Waals surface area contributed by atoms with Gasteiger partial charge in [-0.25, -0.2) is 8.42 Å². The second-order valence-corrected chi connectivity index (χ2v) is 9.43. The Bertz CT molecular complexity index is 767. The lowest BCUT2D eigenvalue weighted by molar-refractivity contribution is 0.0664. The molecule has 2 aliphatic rings. The van der Waals surface area contributed by atoms with Crippen LogP contribution in [0, 0.1) is 0 Å². The lowest BCUT2D eigenvalue weighted by Crippen LogP contribution is -2.40. The second kappa shape index (κ2) is 7.87. The quantitative estimate of drug-likeness (QED) is 0.699. The van der Waals surface area contributed by atoms with Gasteiger partial charge in [-0.15, -0.1) is 0 Å². The fourth-order valence-corrected chi connectivity index (χ4v) is 5.81. The smallest absolute Gasteiger partial charge is 0.254 e. The van der Waals surface area contributed by atoms with Gasteiger partial charge in [-0.05, 0) is 43.9 Å². The molecule has 0 spiro atoms. The number of sulfonamides is 1. The van der Waals surface area contributed by atoms with E-state index in [1.165, 1.54) is 16.4 Å². The maximum Gasteiger partial charge on any atom is 0.254 e. The van der Waals surface area contributed by atoms with E-state index in [0.29, 0.717) is 24.7 Å². The number of amides is 1. The van der Waals surface area contributed by atoms with Crippen molar-refractivity contribution >= 4 is 27.5 Å². The zero-order valence-electron chi connectivity index (χ0n) is 15.4. The van der Waals surface area contributed by atoms with E-state index in [2.05, 4.69) is 0 Å². The Morgan fingerprint density at radius 1 is 1.08 bits per heavy atom. The number of hydrogen-bond acceptors (Lipinski definition) is 3. The minimum absolute atomic E-state index is 0.0240. The Kier molecular flexibility index (Phi) is 5.94. The number of benzene rings is 1. The first-order valence-electron chi connectivity index (χ1n) is 9.52. The summed E-state index contributed by atoms with van der Waals surface area (Å²) in [6, 6.07) is 5.24. The third-order valence-electron chi connectivity index (χ3n) is 5.39. The Hall–Kier alpha value is -1.11. The molecule has 0 unspecified atom stereocenters. The van der Waals surface area contributed by atoms with Gasteiger partial charge in [0.1, 0.15) is 4.90 Å². The average Bonchev–Trinajstić information content (AvgIpc) is 3.29. The monoisotopic (exact) mass is 398 g/mol. The van der Waals surface area contributed by atoms with Gasteiger partial charge < -0.3 is 4.90 Å². The van der Waals surface area contributed by atoms with Gasteiger partial charge in [0.05, 0.1) is 5.02 Å². The highest BCUT2D eigenvalue weighted by molar-refractivity contribution is 7.89. The summed E-state index contributed by atoms with van der Waals surface area (Å²) in [5.41, 5.74) is 0.416. The van der Waals surface area contributed by atoms with Crippen LogP contribution >= 0.6 is 11.6 Å². The summed E-state index contributed by atoms with van der Waals surface area (Å²) in [6.07, 6.45) is 6.48. The zero-order valence-corrected chi connectivity index (χ0v) is 17.0. The van der Waals surface area contributed by atoms with E-state index in [-0.39, 0.29) is 21.9 Å². The van der Waals surface area contributed by atoms with Crippen molar-refractivity contribution < 1.29 is 13.2 Å². The first-order chi connectivity index (χ1) is 12.4. The van der Waals surface area contributed by atoms with Gasteiger partial charge in [0, 0.05) is 30.7 Å². The van der Waals surface area contributed by atoms with Crippen LogP contribution in [0.15, 0.2) is 23.1 Å². The Morgan fingerprint density at radius 2 is 1.65 bits per heavy atom. The predicted octanol–water partition coefficient (Wildman–Crippen LogP) is 3.92. The first-order valence-corrected chi connectivity index (χ1v) is 11.3. The molecule has 5 nitrogen and oxygen atoms in total. The van der Waals surface area contributed by atoms with Crippen LogP contribution in [-0.2, 0) is 10.0 Å². The van der Waals surface area contributed by atoms with Gasteiger partial charge in [0.15, 0.2) is 0 Å². The third kappa shape index (κ3) is 3.78. The van der Waals surface area contributed by atoms with Crippen molar-refractivity contribution in [2.75, 3.05) is 13.1 Å². The fraction of sp³-hybridized carbons (Fsp3) is 0.632. The van der Waals surface area contributed by atoms with E-state index >= 15 is 0 Å². The molecule has 0 bridgehead atoms. The molecule has 0 aromatic heterocycles. The van der Waals surface area contributed by atoms with Gasteiger partial charge in [-0.2, -0.15) is 4.31 Å². The summed E-state index contributed by atoms with van der Waals surface area (Å²) in [6.45, 7) is 4.31. The largest absolute Gasteiger partial charge is 0.333 e. The van der Waals surface area contributed by atoms with Gasteiger partial charge in [0.2, 0.25) is 10.0 Å². The molecule has 2 fully saturated rings. The lowest BCUT2D eigenvalue weighted by atomic mass is 10.1. The second-order valence-electron chi connectivity index (χ2n) is 7.12. The molecule has 2 aliphatic carbocycles. The lowest BCUT2D eigenvalue weighted by Gasteiger charge is -2.29. The van der Waals surface area contributed by atoms with Gasteiger partial charge in [0.25, 0.3) is 5.91 Å². The number of carbonyl (C=O) groups excluding carboxylic acids is 1. The highest BCUT2D eigenvalue weighted by Crippen LogP contribution is 2.36. The molecule has 1 amide bonds. The Morgan fingerprint density at radius 3 is 2.19 bits per heavy atom. The Labute approximate surface area is 161 Å². The van der Waals surface area contributed by atoms with Crippen LogP contribution in [0.3, 0.4) is 0 Å². The van der Waals surface area contributed by atoms with Crippen LogP contribution in [0.5, 0.6) is 0 Å². The topological polar surface area (TPSA) is 57.7 Å². The van der Waals surface area contributed by atoms with E-state index in [1.807, 2.05) is 4.90 Å². The maximum absolute atomic E-state index is 13.2. The summed E-state index contributed by atoms with van der Waals surface area (Å²) >= 11 is 6.19. The van der Waals surface area contributed by atoms with Crippen LogP contribution in [0.2, 0.25) is 5.02 Å². The minimum Gasteiger partial charge on any atom is -0.333 e. The van der Waals surface area contributed by atoms with Crippen LogP contribution in [0.1, 0.15) is 62.7 Å². The number of rotatable bonds is 7. The van der Waals surface area contributed by atoms with Crippen molar-refractivity contribution in [3.8, 4) is 0 Å². The van der Waals surface area contributed by atoms with Crippen LogP contribution < -0.4 is 0 Å². The van der Waals surface area contributed by atoms with Crippen molar-refractivity contribution in [3.05, 3.63) is 28.8 Å². The molecule has 0 N–H and O–H groups in total. The molecule has 0 radical (unpaired) electrons. The standard InChI is InChI=1S/C19H27ClN2O3S/c1-3-21(4-2)26(24,25)18-13-14(9-12-17(18)20)19(23)22(16-10-11-16)15-7-5-6-8-15/h9,12-13,15-16H,3-8,10-11H2,1-2H3. The highest BCUT2D eigenvalue weighted by Gasteiger charge is 2.39. The normalized spacial score (nSPS) is 18.5. The zero-order chi connectivity index (χ0) is 18.9. The molecular weight excluding hydrogens is 372 g/mol. The summed E-state index contributed by atoms with van der Waals surface area (Å²) < 4.78 is 27.1. The molecule has 1 aromatic carbocycles. The molecule has 0 saturated heterocycles. The minimum atomic E-state index is -3.71. The van der Waals surface area contributed by atoms with Crippen LogP contribution in [0.25, 0.3) is 0 Å². The molecule has 0 heterocycles. The molecule has 2 saturated carbocycles. The molecule has 1 aromatic rings. The summed E-state index contributed by atoms with van der Waals surface area (Å²) in [5.74, 6) is -0.0629. The Balaban J connectivity index is 1.94. The van der Waals surface area contributed by atoms with E-state index < -0.39 is 10.0 Å². The van der Waals surface area contributed by atoms with Crippen molar-refractivity contribution in [1.82, 2.24) is 9.21 Å². The van der Waals surface area contributed by atoms with E-state index in [0.717, 1.165) is 38.5 Å². The number of carbonyl (C=O) groups is 1. The van der Waals surface area contributed by atoms with Crippen molar-refractivity contribution in [3.63, 3.8) is 0 Å². The van der Waals surface area contributed by atoms with Crippen molar-refractivity contribution in [1.29, 1.82) is 0 Å². The first kappa shape index (κ1) is 19.6. The van der Waals surface area contributed by atoms with Gasteiger partial charge in [-0.1, -0.05) is 38.3 Å². The number of nitrogens with zero attached hydrogens (tertiary/aromatic N) is 2. The summed E-state index contributed by atoms with van der Waals surface area (Å²) in [7, 11) is -3.71. The van der Waals surface area contributed by atoms with Crippen molar-refractivity contribution in [2.45, 2.75) is 69.4 Å². The van der Waals surface area contributed by atoms with E-state index in [4.69, 9.17) is 11.6 Å². The maximum atomic E-state index is 13.2. The van der Waals surface area contributed by atoms with Gasteiger partial charge >= 0.3 is 0 Å². The van der Waals surface area contributed by atoms with Crippen LogP contribution in [0.4, 0.5) is 0 Å². The van der Waals surface area contributed by atoms with Gasteiger partial charge in [-0.3, -0.25) is 4.79 Å². The predicted molar refractivity (Wildman–Crippen MR) is 103 cm³/mol. The molecule has 26 heavy (non-hydrogen) atoms. The molecule has 7 heteroatoms. The molecule has 144 valence electrons. The average molecular weight is 399 g/mol.